The monoisotopic (exact) mass is 958 g/mol. The van der Waals surface area contributed by atoms with Gasteiger partial charge in [-0.3, -0.25) is 0 Å². The van der Waals surface area contributed by atoms with Gasteiger partial charge in [-0.05, 0) is 11.6 Å². The van der Waals surface area contributed by atoms with Gasteiger partial charge in [-0.2, -0.15) is 8.78 Å². The van der Waals surface area contributed by atoms with Crippen molar-refractivity contribution in [1.29, 1.82) is 0 Å². The van der Waals surface area contributed by atoms with Crippen LogP contribution in [0.3, 0.4) is 0 Å². The Kier molecular flexibility index (Phi) is 9.84. The summed E-state index contributed by atoms with van der Waals surface area (Å²) >= 11 is 0. The molecule has 0 saturated carbocycles. The van der Waals surface area contributed by atoms with Crippen molar-refractivity contribution in [2.45, 2.75) is 6.42 Å². The summed E-state index contributed by atoms with van der Waals surface area (Å²) in [6, 6.07) is 2.55. The molecule has 0 saturated heterocycles. The van der Waals surface area contributed by atoms with E-state index in [4.69, 9.17) is 9.31 Å². The first-order valence-corrected chi connectivity index (χ1v) is 17.5. The first-order valence-electron chi connectivity index (χ1n) is 17.5. The van der Waals surface area contributed by atoms with E-state index in [1.54, 1.807) is 0 Å². The third-order valence-corrected chi connectivity index (χ3v) is 10.7. The minimum absolute atomic E-state index is 0.389. The van der Waals surface area contributed by atoms with Gasteiger partial charge in [-0.15, -0.1) is 0 Å². The standard InChI is InChI=1S/C41H5BF22O2/c43-7-3-1-2-5-4-6-9(8(5)7)19(44)35(60)38(63)40(6)65-42(66-41-17(29(54)34(59)37(62)39(41)64)16-27(52)32(57)36(61)33(58)28(16)53)18-12-10-11-14(21(46)20(12)45)25(50)31(56)26(51)15(11)23(48)22(47)13(10)24(49)30(18)55/h1-3H,4H2. The number of fused-ring (bicyclic) bond motifs is 3. The molecule has 0 bridgehead atoms. The van der Waals surface area contributed by atoms with Gasteiger partial charge in [0, 0.05) is 39.3 Å². The lowest BCUT2D eigenvalue weighted by atomic mass is 9.72. The van der Waals surface area contributed by atoms with Crippen LogP contribution in [0.25, 0.3) is 54.6 Å². The third-order valence-electron chi connectivity index (χ3n) is 10.7. The molecule has 25 heteroatoms. The van der Waals surface area contributed by atoms with Crippen molar-refractivity contribution in [3.63, 3.8) is 0 Å². The van der Waals surface area contributed by atoms with Crippen LogP contribution in [0.5, 0.6) is 11.5 Å². The number of hydrogen-bond acceptors (Lipinski definition) is 2. The van der Waals surface area contributed by atoms with Gasteiger partial charge >= 0.3 is 7.12 Å². The van der Waals surface area contributed by atoms with Crippen molar-refractivity contribution in [2.75, 3.05) is 0 Å². The smallest absolute Gasteiger partial charge is 0.519 e. The van der Waals surface area contributed by atoms with Gasteiger partial charge in [0.05, 0.1) is 32.7 Å². The van der Waals surface area contributed by atoms with E-state index < -0.39 is 219 Å². The molecule has 8 aromatic carbocycles. The second kappa shape index (κ2) is 14.7. The van der Waals surface area contributed by atoms with E-state index in [1.165, 1.54) is 0 Å². The molecule has 0 amide bonds. The van der Waals surface area contributed by atoms with Crippen LogP contribution in [-0.4, -0.2) is 7.12 Å². The Hall–Kier alpha value is -7.08. The molecule has 1 aliphatic carbocycles. The van der Waals surface area contributed by atoms with E-state index in [2.05, 4.69) is 0 Å². The molecule has 0 radical (unpaired) electrons. The normalized spacial score (nSPS) is 12.3. The van der Waals surface area contributed by atoms with Crippen molar-refractivity contribution in [2.24, 2.45) is 0 Å². The van der Waals surface area contributed by atoms with Crippen LogP contribution in [0.2, 0.25) is 0 Å². The Morgan fingerprint density at radius 1 is 0.303 bits per heavy atom. The van der Waals surface area contributed by atoms with Crippen LogP contribution in [-0.2, 0) is 6.42 Å². The molecule has 0 aliphatic heterocycles. The SMILES string of the molecule is Fc1cccc2c1-c1c(F)c(F)c(F)c(OB(Oc3c(F)c(F)c(F)c(F)c3-c3c(F)c(F)c(F)c(F)c3F)c3c(F)c(F)c4c(F)c(F)c5c(F)c(F)c(F)c6c(F)c(F)c3c4c56)c1C2. The van der Waals surface area contributed by atoms with E-state index in [0.717, 1.165) is 12.1 Å². The van der Waals surface area contributed by atoms with Gasteiger partial charge in [0.15, 0.2) is 105 Å². The summed E-state index contributed by atoms with van der Waals surface area (Å²) < 4.78 is 349. The summed E-state index contributed by atoms with van der Waals surface area (Å²) in [5.74, 6) is -68.0. The predicted octanol–water partition coefficient (Wildman–Crippen LogP) is 12.7. The first kappa shape index (κ1) is 44.1. The minimum Gasteiger partial charge on any atom is -0.519 e. The third kappa shape index (κ3) is 5.56. The molecule has 0 N–H and O–H groups in total. The van der Waals surface area contributed by atoms with E-state index in [9.17, 15) is 22.0 Å². The fourth-order valence-electron chi connectivity index (χ4n) is 7.92. The van der Waals surface area contributed by atoms with E-state index in [-0.39, 0.29) is 5.56 Å². The molecule has 0 heterocycles. The molecular weight excluding hydrogens is 953 g/mol. The second-order valence-corrected chi connectivity index (χ2v) is 14.0. The fourth-order valence-corrected chi connectivity index (χ4v) is 7.92. The molecule has 0 fully saturated rings. The van der Waals surface area contributed by atoms with Gasteiger partial charge in [-0.1, -0.05) is 12.1 Å². The van der Waals surface area contributed by atoms with Gasteiger partial charge < -0.3 is 9.31 Å². The van der Waals surface area contributed by atoms with Crippen LogP contribution in [0.1, 0.15) is 11.1 Å². The Morgan fingerprint density at radius 2 is 0.667 bits per heavy atom. The highest BCUT2D eigenvalue weighted by Gasteiger charge is 2.46. The van der Waals surface area contributed by atoms with Crippen LogP contribution in [0.15, 0.2) is 18.2 Å². The summed E-state index contributed by atoms with van der Waals surface area (Å²) in [5.41, 5.74) is -11.8. The summed E-state index contributed by atoms with van der Waals surface area (Å²) in [7, 11) is -4.10. The molecule has 1 aliphatic rings. The maximum Gasteiger partial charge on any atom is 0.636 e. The van der Waals surface area contributed by atoms with Gasteiger partial charge in [0.25, 0.3) is 0 Å². The molecule has 0 unspecified atom stereocenters. The molecule has 9 rings (SSSR count). The summed E-state index contributed by atoms with van der Waals surface area (Å²) in [4.78, 5) is 0. The van der Waals surface area contributed by atoms with Gasteiger partial charge in [0.1, 0.15) is 11.6 Å². The average Bonchev–Trinajstić information content (AvgIpc) is 3.69. The van der Waals surface area contributed by atoms with Gasteiger partial charge in [-0.25, -0.2) is 87.8 Å². The van der Waals surface area contributed by atoms with Crippen molar-refractivity contribution < 1.29 is 106 Å². The maximum absolute atomic E-state index is 16.7. The van der Waals surface area contributed by atoms with E-state index in [1.807, 2.05) is 0 Å². The Morgan fingerprint density at radius 3 is 1.21 bits per heavy atom. The summed E-state index contributed by atoms with van der Waals surface area (Å²) in [6.07, 6.45) is -1.03. The lowest BCUT2D eigenvalue weighted by Crippen LogP contribution is -2.47. The zero-order valence-corrected chi connectivity index (χ0v) is 30.6. The van der Waals surface area contributed by atoms with E-state index in [0.29, 0.717) is 6.07 Å². The highest BCUT2D eigenvalue weighted by Crippen LogP contribution is 2.49. The van der Waals surface area contributed by atoms with Crippen molar-refractivity contribution in [3.05, 3.63) is 157 Å². The summed E-state index contributed by atoms with van der Waals surface area (Å²) in [5, 5.41) is -12.9. The Labute approximate surface area is 348 Å². The molecule has 8 aromatic rings. The zero-order chi connectivity index (χ0) is 48.2. The first-order chi connectivity index (χ1) is 31.0. The maximum atomic E-state index is 16.7. The number of benzene rings is 8. The lowest BCUT2D eigenvalue weighted by Gasteiger charge is -2.25. The molecule has 0 spiro atoms. The summed E-state index contributed by atoms with van der Waals surface area (Å²) in [6.45, 7) is 0. The number of halogens is 22. The highest BCUT2D eigenvalue weighted by atomic mass is 19.2. The lowest BCUT2D eigenvalue weighted by molar-refractivity contribution is 0.358. The van der Waals surface area contributed by atoms with Crippen molar-refractivity contribution in [3.8, 4) is 33.8 Å². The van der Waals surface area contributed by atoms with Crippen molar-refractivity contribution >= 4 is 44.9 Å². The number of rotatable bonds is 6. The predicted molar refractivity (Wildman–Crippen MR) is 182 cm³/mol. The number of hydrogen-bond donors (Lipinski definition) is 0. The zero-order valence-electron chi connectivity index (χ0n) is 30.6. The fraction of sp³-hybridized carbons (Fsp3) is 0.0244. The van der Waals surface area contributed by atoms with Crippen LogP contribution < -0.4 is 14.8 Å². The molecule has 66 heavy (non-hydrogen) atoms. The molecule has 338 valence electrons. The van der Waals surface area contributed by atoms with E-state index >= 15 is 74.6 Å². The second-order valence-electron chi connectivity index (χ2n) is 14.0. The quantitative estimate of drug-likeness (QED) is 0.0544. The van der Waals surface area contributed by atoms with Crippen molar-refractivity contribution in [1.82, 2.24) is 0 Å². The van der Waals surface area contributed by atoms with Crippen LogP contribution in [0, 0.1) is 128 Å². The molecule has 2 nitrogen and oxygen atoms in total. The molecule has 0 atom stereocenters. The molecular formula is C41H5BF22O2. The van der Waals surface area contributed by atoms with Gasteiger partial charge in [0.2, 0.25) is 23.3 Å². The Bertz CT molecular complexity index is 3510. The largest absolute Gasteiger partial charge is 0.636 e. The van der Waals surface area contributed by atoms with Crippen LogP contribution in [0.4, 0.5) is 96.6 Å². The molecule has 0 aromatic heterocycles. The average molecular weight is 958 g/mol. The minimum atomic E-state index is -4.10. The Balaban J connectivity index is 1.46. The highest BCUT2D eigenvalue weighted by molar-refractivity contribution is 6.66. The topological polar surface area (TPSA) is 18.5 Å². The van der Waals surface area contributed by atoms with Crippen LogP contribution >= 0.6 is 0 Å².